The number of unbranched alkanes of at least 4 members (excludes halogenated alkanes) is 3. The lowest BCUT2D eigenvalue weighted by atomic mass is 9.76. The largest absolute Gasteiger partial charge is 0.490 e. The van der Waals surface area contributed by atoms with Crippen molar-refractivity contribution in [3.8, 4) is 5.75 Å². The number of ether oxygens (including phenoxy) is 1. The summed E-state index contributed by atoms with van der Waals surface area (Å²) in [6, 6.07) is 3.10. The van der Waals surface area contributed by atoms with Crippen molar-refractivity contribution in [2.45, 2.75) is 96.3 Å². The second-order valence-corrected chi connectivity index (χ2v) is 8.22. The zero-order valence-corrected chi connectivity index (χ0v) is 17.2. The van der Waals surface area contributed by atoms with Gasteiger partial charge in [-0.25, -0.2) is 13.2 Å². The van der Waals surface area contributed by atoms with Crippen molar-refractivity contribution < 1.29 is 22.3 Å². The monoisotopic (exact) mass is 402 g/mol. The van der Waals surface area contributed by atoms with Gasteiger partial charge in [-0.15, -0.1) is 0 Å². The first kappa shape index (κ1) is 23.0. The van der Waals surface area contributed by atoms with Crippen LogP contribution in [-0.4, -0.2) is 12.5 Å². The Bertz CT molecular complexity index is 595. The third-order valence-corrected chi connectivity index (χ3v) is 5.85. The molecule has 0 spiro atoms. The van der Waals surface area contributed by atoms with E-state index in [-0.39, 0.29) is 30.4 Å². The molecule has 5 heteroatoms. The highest BCUT2D eigenvalue weighted by Crippen LogP contribution is 2.42. The molecular formula is C23H34F4O. The first-order valence-electron chi connectivity index (χ1n) is 10.9. The van der Waals surface area contributed by atoms with Crippen LogP contribution in [-0.2, 0) is 0 Å². The predicted molar refractivity (Wildman–Crippen MR) is 105 cm³/mol. The molecule has 2 rings (SSSR count). The van der Waals surface area contributed by atoms with E-state index in [1.807, 2.05) is 13.8 Å². The molecule has 0 radical (unpaired) electrons. The highest BCUT2D eigenvalue weighted by molar-refractivity contribution is 5.33. The minimum atomic E-state index is -2.61. The van der Waals surface area contributed by atoms with Gasteiger partial charge in [0.1, 0.15) is 0 Å². The zero-order chi connectivity index (χ0) is 20.6. The Morgan fingerprint density at radius 3 is 2.25 bits per heavy atom. The Morgan fingerprint density at radius 2 is 1.61 bits per heavy atom. The van der Waals surface area contributed by atoms with E-state index in [1.165, 1.54) is 6.07 Å². The van der Waals surface area contributed by atoms with Crippen LogP contribution in [0, 0.1) is 17.6 Å². The van der Waals surface area contributed by atoms with Gasteiger partial charge in [0.2, 0.25) is 11.7 Å². The smallest absolute Gasteiger partial charge is 0.248 e. The summed E-state index contributed by atoms with van der Waals surface area (Å²) in [5, 5.41) is 0. The van der Waals surface area contributed by atoms with Crippen LogP contribution in [0.3, 0.4) is 0 Å². The molecule has 28 heavy (non-hydrogen) atoms. The molecule has 0 saturated heterocycles. The highest BCUT2D eigenvalue weighted by Gasteiger charge is 2.34. The lowest BCUT2D eigenvalue weighted by molar-refractivity contribution is -0.0376. The van der Waals surface area contributed by atoms with Gasteiger partial charge in [0.05, 0.1) is 6.61 Å². The van der Waals surface area contributed by atoms with Crippen LogP contribution in [0.15, 0.2) is 12.1 Å². The van der Waals surface area contributed by atoms with Crippen molar-refractivity contribution in [1.82, 2.24) is 0 Å². The fourth-order valence-corrected chi connectivity index (χ4v) is 4.14. The third kappa shape index (κ3) is 6.66. The van der Waals surface area contributed by atoms with Gasteiger partial charge in [0.25, 0.3) is 0 Å². The quantitative estimate of drug-likeness (QED) is 0.269. The molecule has 0 amide bonds. The summed E-state index contributed by atoms with van der Waals surface area (Å²) in [4.78, 5) is 0. The van der Waals surface area contributed by atoms with Gasteiger partial charge < -0.3 is 4.74 Å². The van der Waals surface area contributed by atoms with E-state index in [9.17, 15) is 17.6 Å². The Kier molecular flexibility index (Phi) is 9.10. The van der Waals surface area contributed by atoms with E-state index in [4.69, 9.17) is 4.74 Å². The van der Waals surface area contributed by atoms with Gasteiger partial charge in [-0.1, -0.05) is 39.2 Å². The second-order valence-electron chi connectivity index (χ2n) is 8.22. The topological polar surface area (TPSA) is 9.23 Å². The fraction of sp³-hybridized carbons (Fsp3) is 0.739. The molecule has 0 aromatic heterocycles. The molecule has 160 valence electrons. The molecule has 1 aromatic rings. The Hall–Kier alpha value is -1.26. The molecule has 1 nitrogen and oxygen atoms in total. The standard InChI is InChI=1S/C23H34F4O/c1-3-5-7-14-23(26,27)16-17-8-10-18(11-9-17)19-12-13-20(22(25)21(19)24)28-15-6-4-2/h12-13,17-18H,3-11,14-16H2,1-2H3. The maximum atomic E-state index is 14.5. The van der Waals surface area contributed by atoms with Gasteiger partial charge in [-0.2, -0.15) is 4.39 Å². The summed E-state index contributed by atoms with van der Waals surface area (Å²) < 4.78 is 62.4. The SMILES string of the molecule is CCCCCC(F)(F)CC1CCC(c2ccc(OCCCC)c(F)c2F)CC1. The summed E-state index contributed by atoms with van der Waals surface area (Å²) in [7, 11) is 0. The molecule has 0 bridgehead atoms. The third-order valence-electron chi connectivity index (χ3n) is 5.85. The van der Waals surface area contributed by atoms with E-state index in [1.54, 1.807) is 6.07 Å². The average Bonchev–Trinajstić information content (AvgIpc) is 2.66. The molecule has 1 saturated carbocycles. The molecule has 0 heterocycles. The normalized spacial score (nSPS) is 20.4. The molecule has 1 fully saturated rings. The molecule has 0 N–H and O–H groups in total. The molecule has 0 unspecified atom stereocenters. The van der Waals surface area contributed by atoms with Gasteiger partial charge in [0.15, 0.2) is 11.6 Å². The van der Waals surface area contributed by atoms with E-state index in [0.29, 0.717) is 44.3 Å². The van der Waals surface area contributed by atoms with Crippen LogP contribution in [0.25, 0.3) is 0 Å². The van der Waals surface area contributed by atoms with Gasteiger partial charge in [0, 0.05) is 12.8 Å². The van der Waals surface area contributed by atoms with E-state index in [0.717, 1.165) is 25.7 Å². The number of alkyl halides is 2. The van der Waals surface area contributed by atoms with Crippen molar-refractivity contribution >= 4 is 0 Å². The maximum Gasteiger partial charge on any atom is 0.248 e. The summed E-state index contributed by atoms with van der Waals surface area (Å²) in [6.45, 7) is 4.37. The highest BCUT2D eigenvalue weighted by atomic mass is 19.3. The average molecular weight is 403 g/mol. The summed E-state index contributed by atoms with van der Waals surface area (Å²) in [6.07, 6.45) is 6.47. The van der Waals surface area contributed by atoms with Crippen molar-refractivity contribution in [3.05, 3.63) is 29.3 Å². The number of benzene rings is 1. The zero-order valence-electron chi connectivity index (χ0n) is 17.2. The van der Waals surface area contributed by atoms with Crippen molar-refractivity contribution in [3.63, 3.8) is 0 Å². The summed E-state index contributed by atoms with van der Waals surface area (Å²) in [5.41, 5.74) is 0.355. The number of halogens is 4. The first-order chi connectivity index (χ1) is 13.4. The van der Waals surface area contributed by atoms with E-state index < -0.39 is 17.6 Å². The van der Waals surface area contributed by atoms with Crippen molar-refractivity contribution in [2.24, 2.45) is 5.92 Å². The number of hydrogen-bond donors (Lipinski definition) is 0. The maximum absolute atomic E-state index is 14.5. The van der Waals surface area contributed by atoms with Crippen molar-refractivity contribution in [2.75, 3.05) is 6.61 Å². The van der Waals surface area contributed by atoms with Crippen LogP contribution in [0.1, 0.15) is 96.0 Å². The van der Waals surface area contributed by atoms with Gasteiger partial charge >= 0.3 is 0 Å². The van der Waals surface area contributed by atoms with Crippen LogP contribution in [0.4, 0.5) is 17.6 Å². The number of rotatable bonds is 11. The Morgan fingerprint density at radius 1 is 0.929 bits per heavy atom. The summed E-state index contributed by atoms with van der Waals surface area (Å²) in [5.74, 6) is -4.57. The molecule has 1 aliphatic rings. The van der Waals surface area contributed by atoms with Crippen LogP contribution >= 0.6 is 0 Å². The molecule has 1 aromatic carbocycles. The molecule has 0 atom stereocenters. The van der Waals surface area contributed by atoms with Crippen LogP contribution in [0.2, 0.25) is 0 Å². The van der Waals surface area contributed by atoms with Crippen molar-refractivity contribution in [1.29, 1.82) is 0 Å². The van der Waals surface area contributed by atoms with Gasteiger partial charge in [-0.05, 0) is 62.0 Å². The minimum absolute atomic E-state index is 0.0302. The lowest BCUT2D eigenvalue weighted by Gasteiger charge is -2.31. The predicted octanol–water partition coefficient (Wildman–Crippen LogP) is 8.02. The Labute approximate surface area is 166 Å². The molecule has 0 aliphatic heterocycles. The van der Waals surface area contributed by atoms with E-state index >= 15 is 0 Å². The second kappa shape index (κ2) is 11.1. The number of hydrogen-bond acceptors (Lipinski definition) is 1. The lowest BCUT2D eigenvalue weighted by Crippen LogP contribution is -2.24. The van der Waals surface area contributed by atoms with Crippen LogP contribution in [0.5, 0.6) is 5.75 Å². The molecular weight excluding hydrogens is 368 g/mol. The fourth-order valence-electron chi connectivity index (χ4n) is 4.14. The Balaban J connectivity index is 1.89. The summed E-state index contributed by atoms with van der Waals surface area (Å²) >= 11 is 0. The van der Waals surface area contributed by atoms with E-state index in [2.05, 4.69) is 0 Å². The first-order valence-corrected chi connectivity index (χ1v) is 10.9. The molecule has 1 aliphatic carbocycles. The minimum Gasteiger partial charge on any atom is -0.490 e. The van der Waals surface area contributed by atoms with Crippen LogP contribution < -0.4 is 4.74 Å². The van der Waals surface area contributed by atoms with Gasteiger partial charge in [-0.3, -0.25) is 0 Å².